The topological polar surface area (TPSA) is 69.6 Å². The number of hydrogen-bond acceptors (Lipinski definition) is 2. The number of amides is 2. The van der Waals surface area contributed by atoms with Gasteiger partial charge in [-0.05, 0) is 39.0 Å². The molecule has 0 bridgehead atoms. The monoisotopic (exact) mass is 268 g/mol. The van der Waals surface area contributed by atoms with E-state index in [1.807, 2.05) is 20.8 Å². The SMILES string of the molecule is CCN(C(=O)Nc1ccc(C(=O)O)cc1F)C(C)C. The minimum Gasteiger partial charge on any atom is -0.478 e. The van der Waals surface area contributed by atoms with Crippen molar-refractivity contribution in [1.82, 2.24) is 4.90 Å². The van der Waals surface area contributed by atoms with Gasteiger partial charge in [-0.2, -0.15) is 0 Å². The van der Waals surface area contributed by atoms with Crippen LogP contribution in [0.4, 0.5) is 14.9 Å². The molecule has 0 fully saturated rings. The lowest BCUT2D eigenvalue weighted by Crippen LogP contribution is -2.39. The number of benzene rings is 1. The van der Waals surface area contributed by atoms with Gasteiger partial charge >= 0.3 is 12.0 Å². The van der Waals surface area contributed by atoms with Crippen molar-refractivity contribution in [3.05, 3.63) is 29.6 Å². The van der Waals surface area contributed by atoms with E-state index in [0.717, 1.165) is 6.07 Å². The molecule has 1 aromatic rings. The number of carbonyl (C=O) groups is 2. The summed E-state index contributed by atoms with van der Waals surface area (Å²) >= 11 is 0. The third-order valence-electron chi connectivity index (χ3n) is 2.68. The van der Waals surface area contributed by atoms with E-state index in [1.54, 1.807) is 0 Å². The molecular weight excluding hydrogens is 251 g/mol. The van der Waals surface area contributed by atoms with Crippen LogP contribution in [0.15, 0.2) is 18.2 Å². The van der Waals surface area contributed by atoms with Gasteiger partial charge in [-0.1, -0.05) is 0 Å². The summed E-state index contributed by atoms with van der Waals surface area (Å²) in [6.07, 6.45) is 0. The van der Waals surface area contributed by atoms with Crippen LogP contribution in [0.1, 0.15) is 31.1 Å². The zero-order valence-electron chi connectivity index (χ0n) is 11.1. The molecule has 0 aliphatic heterocycles. The molecule has 2 N–H and O–H groups in total. The Morgan fingerprint density at radius 2 is 2.05 bits per heavy atom. The van der Waals surface area contributed by atoms with Crippen LogP contribution in [-0.2, 0) is 0 Å². The lowest BCUT2D eigenvalue weighted by atomic mass is 10.2. The zero-order chi connectivity index (χ0) is 14.6. The van der Waals surface area contributed by atoms with Crippen molar-refractivity contribution in [3.8, 4) is 0 Å². The van der Waals surface area contributed by atoms with Crippen LogP contribution in [0.25, 0.3) is 0 Å². The molecule has 1 aromatic carbocycles. The lowest BCUT2D eigenvalue weighted by molar-refractivity contribution is 0.0696. The number of carboxylic acid groups (broad SMARTS) is 1. The number of nitrogens with zero attached hydrogens (tertiary/aromatic N) is 1. The Morgan fingerprint density at radius 3 is 2.47 bits per heavy atom. The predicted octanol–water partition coefficient (Wildman–Crippen LogP) is 2.79. The van der Waals surface area contributed by atoms with Crippen LogP contribution in [-0.4, -0.2) is 34.6 Å². The second-order valence-corrected chi connectivity index (χ2v) is 4.31. The Kier molecular flexibility index (Phi) is 4.86. The van der Waals surface area contributed by atoms with Crippen LogP contribution in [0.3, 0.4) is 0 Å². The summed E-state index contributed by atoms with van der Waals surface area (Å²) in [5.41, 5.74) is -0.194. The molecule has 0 unspecified atom stereocenters. The summed E-state index contributed by atoms with van der Waals surface area (Å²) in [6, 6.07) is 2.94. The second kappa shape index (κ2) is 6.17. The minimum absolute atomic E-state index is 0.00801. The number of rotatable bonds is 4. The molecule has 0 saturated heterocycles. The van der Waals surface area contributed by atoms with E-state index in [-0.39, 0.29) is 17.3 Å². The van der Waals surface area contributed by atoms with Gasteiger partial charge in [0.2, 0.25) is 0 Å². The van der Waals surface area contributed by atoms with Gasteiger partial charge in [0.25, 0.3) is 0 Å². The predicted molar refractivity (Wildman–Crippen MR) is 69.9 cm³/mol. The fraction of sp³-hybridized carbons (Fsp3) is 0.385. The summed E-state index contributed by atoms with van der Waals surface area (Å²) in [5, 5.41) is 11.1. The maximum Gasteiger partial charge on any atom is 0.335 e. The highest BCUT2D eigenvalue weighted by Gasteiger charge is 2.17. The molecule has 6 heteroatoms. The maximum absolute atomic E-state index is 13.6. The molecule has 0 aromatic heterocycles. The number of aromatic carboxylic acids is 1. The van der Waals surface area contributed by atoms with Gasteiger partial charge in [-0.3, -0.25) is 0 Å². The van der Waals surface area contributed by atoms with E-state index in [4.69, 9.17) is 5.11 Å². The molecule has 5 nitrogen and oxygen atoms in total. The molecule has 19 heavy (non-hydrogen) atoms. The van der Waals surface area contributed by atoms with E-state index >= 15 is 0 Å². The van der Waals surface area contributed by atoms with Crippen LogP contribution in [0.2, 0.25) is 0 Å². The van der Waals surface area contributed by atoms with E-state index in [0.29, 0.717) is 6.54 Å². The van der Waals surface area contributed by atoms with E-state index < -0.39 is 17.8 Å². The molecule has 0 heterocycles. The van der Waals surface area contributed by atoms with E-state index in [1.165, 1.54) is 17.0 Å². The number of hydrogen-bond donors (Lipinski definition) is 2. The van der Waals surface area contributed by atoms with Gasteiger partial charge in [-0.25, -0.2) is 14.0 Å². The zero-order valence-corrected chi connectivity index (χ0v) is 11.1. The highest BCUT2D eigenvalue weighted by Crippen LogP contribution is 2.17. The van der Waals surface area contributed by atoms with Crippen molar-refractivity contribution in [3.63, 3.8) is 0 Å². The van der Waals surface area contributed by atoms with Crippen molar-refractivity contribution < 1.29 is 19.1 Å². The smallest absolute Gasteiger partial charge is 0.335 e. The number of halogens is 1. The Labute approximate surface area is 111 Å². The summed E-state index contributed by atoms with van der Waals surface area (Å²) < 4.78 is 13.6. The Morgan fingerprint density at radius 1 is 1.42 bits per heavy atom. The van der Waals surface area contributed by atoms with Gasteiger partial charge in [0, 0.05) is 12.6 Å². The van der Waals surface area contributed by atoms with E-state index in [9.17, 15) is 14.0 Å². The Bertz CT molecular complexity index is 489. The number of nitrogens with one attached hydrogen (secondary N) is 1. The first-order chi connectivity index (χ1) is 8.86. The normalized spacial score (nSPS) is 10.4. The molecule has 0 aliphatic carbocycles. The van der Waals surface area contributed by atoms with Crippen molar-refractivity contribution >= 4 is 17.7 Å². The van der Waals surface area contributed by atoms with Gasteiger partial charge in [0.15, 0.2) is 0 Å². The van der Waals surface area contributed by atoms with Gasteiger partial charge < -0.3 is 15.3 Å². The fourth-order valence-electron chi connectivity index (χ4n) is 1.68. The van der Waals surface area contributed by atoms with Crippen molar-refractivity contribution in [1.29, 1.82) is 0 Å². The summed E-state index contributed by atoms with van der Waals surface area (Å²) in [4.78, 5) is 24.1. The third-order valence-corrected chi connectivity index (χ3v) is 2.68. The van der Waals surface area contributed by atoms with Crippen molar-refractivity contribution in [2.75, 3.05) is 11.9 Å². The quantitative estimate of drug-likeness (QED) is 0.882. The summed E-state index contributed by atoms with van der Waals surface area (Å²) in [5.74, 6) is -1.98. The molecule has 0 saturated carbocycles. The summed E-state index contributed by atoms with van der Waals surface area (Å²) in [6.45, 7) is 6.03. The molecule has 104 valence electrons. The maximum atomic E-state index is 13.6. The molecule has 0 radical (unpaired) electrons. The van der Waals surface area contributed by atoms with Crippen LogP contribution < -0.4 is 5.32 Å². The third kappa shape index (κ3) is 3.67. The summed E-state index contributed by atoms with van der Waals surface area (Å²) in [7, 11) is 0. The minimum atomic E-state index is -1.21. The number of urea groups is 1. The first-order valence-electron chi connectivity index (χ1n) is 5.97. The van der Waals surface area contributed by atoms with Gasteiger partial charge in [0.1, 0.15) is 5.82 Å². The largest absolute Gasteiger partial charge is 0.478 e. The van der Waals surface area contributed by atoms with Crippen LogP contribution >= 0.6 is 0 Å². The first kappa shape index (κ1) is 14.9. The molecular formula is C13H17FN2O3. The number of anilines is 1. The Hall–Kier alpha value is -2.11. The lowest BCUT2D eigenvalue weighted by Gasteiger charge is -2.25. The fourth-order valence-corrected chi connectivity index (χ4v) is 1.68. The van der Waals surface area contributed by atoms with Crippen LogP contribution in [0, 0.1) is 5.82 Å². The van der Waals surface area contributed by atoms with E-state index in [2.05, 4.69) is 5.32 Å². The highest BCUT2D eigenvalue weighted by atomic mass is 19.1. The molecule has 0 aliphatic rings. The first-order valence-corrected chi connectivity index (χ1v) is 5.97. The molecule has 0 spiro atoms. The van der Waals surface area contributed by atoms with Gasteiger partial charge in [0.05, 0.1) is 11.3 Å². The Balaban J connectivity index is 2.88. The average Bonchev–Trinajstić information content (AvgIpc) is 2.31. The molecule has 0 atom stereocenters. The number of carbonyl (C=O) groups excluding carboxylic acids is 1. The van der Waals surface area contributed by atoms with Crippen LogP contribution in [0.5, 0.6) is 0 Å². The second-order valence-electron chi connectivity index (χ2n) is 4.31. The van der Waals surface area contributed by atoms with Gasteiger partial charge in [-0.15, -0.1) is 0 Å². The number of carboxylic acids is 1. The average molecular weight is 268 g/mol. The van der Waals surface area contributed by atoms with Crippen molar-refractivity contribution in [2.45, 2.75) is 26.8 Å². The van der Waals surface area contributed by atoms with Crippen molar-refractivity contribution in [2.24, 2.45) is 0 Å². The molecule has 1 rings (SSSR count). The molecule has 2 amide bonds. The standard InChI is InChI=1S/C13H17FN2O3/c1-4-16(8(2)3)13(19)15-11-6-5-9(12(17)18)7-10(11)14/h5-8H,4H2,1-3H3,(H,15,19)(H,17,18). The highest BCUT2D eigenvalue weighted by molar-refractivity contribution is 5.91.